The molecule has 2 aromatic rings. The molecule has 0 unspecified atom stereocenters. The number of hydrogen-bond acceptors (Lipinski definition) is 3. The normalized spacial score (nSPS) is 19.8. The second-order valence-corrected chi connectivity index (χ2v) is 6.13. The molecule has 1 aromatic carbocycles. The van der Waals surface area contributed by atoms with Crippen molar-refractivity contribution >= 4 is 0 Å². The van der Waals surface area contributed by atoms with E-state index in [0.717, 1.165) is 18.9 Å². The molecular formula is C17H24N4. The molecule has 0 radical (unpaired) electrons. The summed E-state index contributed by atoms with van der Waals surface area (Å²) in [6.07, 6.45) is 4.43. The number of likely N-dealkylation sites (tertiary alicyclic amines) is 1. The van der Waals surface area contributed by atoms with Gasteiger partial charge in [-0.15, -0.1) is 10.2 Å². The average Bonchev–Trinajstić information content (AvgIpc) is 2.91. The van der Waals surface area contributed by atoms with Crippen LogP contribution in [0, 0.1) is 13.8 Å². The van der Waals surface area contributed by atoms with Gasteiger partial charge in [-0.05, 0) is 44.7 Å². The van der Waals surface area contributed by atoms with Gasteiger partial charge in [0.05, 0.1) is 0 Å². The fraction of sp³-hybridized carbons (Fsp3) is 0.529. The lowest BCUT2D eigenvalue weighted by atomic mass is 9.90. The molecule has 0 bridgehead atoms. The minimum atomic E-state index is 0.681. The summed E-state index contributed by atoms with van der Waals surface area (Å²) in [5.74, 6) is 1.68. The number of nitrogens with zero attached hydrogens (tertiary/aromatic N) is 4. The van der Waals surface area contributed by atoms with Crippen molar-refractivity contribution in [2.24, 2.45) is 0 Å². The number of piperidine rings is 1. The van der Waals surface area contributed by atoms with Gasteiger partial charge in [0.25, 0.3) is 0 Å². The second kappa shape index (κ2) is 6.39. The molecule has 0 saturated carbocycles. The molecule has 0 spiro atoms. The molecule has 1 aliphatic rings. The van der Waals surface area contributed by atoms with Gasteiger partial charge in [-0.3, -0.25) is 0 Å². The molecule has 1 aliphatic heterocycles. The Labute approximate surface area is 126 Å². The van der Waals surface area contributed by atoms with Crippen molar-refractivity contribution in [3.8, 4) is 0 Å². The van der Waals surface area contributed by atoms with Crippen LogP contribution in [0.25, 0.3) is 0 Å². The van der Waals surface area contributed by atoms with Crippen molar-refractivity contribution in [2.45, 2.75) is 39.2 Å². The van der Waals surface area contributed by atoms with Crippen LogP contribution in [0.1, 0.15) is 35.7 Å². The largest absolute Gasteiger partial charge is 0.317 e. The van der Waals surface area contributed by atoms with E-state index in [4.69, 9.17) is 0 Å². The topological polar surface area (TPSA) is 34.0 Å². The van der Waals surface area contributed by atoms with Crippen molar-refractivity contribution in [1.82, 2.24) is 19.7 Å². The summed E-state index contributed by atoms with van der Waals surface area (Å²) in [6.45, 7) is 8.65. The van der Waals surface area contributed by atoms with E-state index in [2.05, 4.69) is 50.9 Å². The van der Waals surface area contributed by atoms with Crippen LogP contribution in [0.2, 0.25) is 0 Å². The minimum Gasteiger partial charge on any atom is -0.317 e. The van der Waals surface area contributed by atoms with Crippen molar-refractivity contribution < 1.29 is 0 Å². The number of aryl methyl sites for hydroxylation is 2. The zero-order valence-corrected chi connectivity index (χ0v) is 13.0. The molecule has 4 heteroatoms. The number of rotatable bonds is 4. The minimum absolute atomic E-state index is 0.681. The third-order valence-corrected chi connectivity index (χ3v) is 4.49. The first kappa shape index (κ1) is 14.3. The van der Waals surface area contributed by atoms with Crippen LogP contribution in [0.4, 0.5) is 0 Å². The standard InChI is InChI=1S/C17H24N4/c1-14-5-3-6-16(11-14)17-7-4-8-20(12-17)9-10-21-13-18-19-15(21)2/h3,5-6,11,13,17H,4,7-10,12H2,1-2H3/t17-/m0/s1. The highest BCUT2D eigenvalue weighted by Gasteiger charge is 2.21. The molecule has 1 fully saturated rings. The Kier molecular flexibility index (Phi) is 4.34. The van der Waals surface area contributed by atoms with E-state index in [1.807, 2.05) is 13.3 Å². The molecule has 21 heavy (non-hydrogen) atoms. The van der Waals surface area contributed by atoms with Gasteiger partial charge in [-0.1, -0.05) is 29.8 Å². The third-order valence-electron chi connectivity index (χ3n) is 4.49. The quantitative estimate of drug-likeness (QED) is 0.865. The van der Waals surface area contributed by atoms with E-state index in [1.54, 1.807) is 0 Å². The van der Waals surface area contributed by atoms with Crippen LogP contribution < -0.4 is 0 Å². The maximum Gasteiger partial charge on any atom is 0.129 e. The van der Waals surface area contributed by atoms with Crippen LogP contribution >= 0.6 is 0 Å². The Morgan fingerprint density at radius 2 is 2.14 bits per heavy atom. The zero-order valence-electron chi connectivity index (χ0n) is 13.0. The Balaban J connectivity index is 1.59. The number of hydrogen-bond donors (Lipinski definition) is 0. The third kappa shape index (κ3) is 3.50. The van der Waals surface area contributed by atoms with Crippen LogP contribution in [-0.4, -0.2) is 39.3 Å². The lowest BCUT2D eigenvalue weighted by molar-refractivity contribution is 0.200. The Morgan fingerprint density at radius 1 is 1.24 bits per heavy atom. The molecule has 0 aliphatic carbocycles. The van der Waals surface area contributed by atoms with Crippen molar-refractivity contribution in [3.05, 3.63) is 47.5 Å². The maximum atomic E-state index is 4.05. The summed E-state index contributed by atoms with van der Waals surface area (Å²) >= 11 is 0. The SMILES string of the molecule is Cc1cccc([C@H]2CCCN(CCn3cnnc3C)C2)c1. The van der Waals surface area contributed by atoms with E-state index in [1.165, 1.54) is 37.1 Å². The maximum absolute atomic E-state index is 4.05. The van der Waals surface area contributed by atoms with Crippen molar-refractivity contribution in [1.29, 1.82) is 0 Å². The summed E-state index contributed by atoms with van der Waals surface area (Å²) in [4.78, 5) is 2.58. The van der Waals surface area contributed by atoms with Crippen LogP contribution in [0.5, 0.6) is 0 Å². The molecule has 112 valence electrons. The predicted molar refractivity (Wildman–Crippen MR) is 84.4 cm³/mol. The van der Waals surface area contributed by atoms with Crippen LogP contribution in [-0.2, 0) is 6.54 Å². The second-order valence-electron chi connectivity index (χ2n) is 6.13. The first-order valence-corrected chi connectivity index (χ1v) is 7.86. The van der Waals surface area contributed by atoms with Gasteiger partial charge in [-0.25, -0.2) is 0 Å². The Hall–Kier alpha value is -1.68. The molecule has 1 aromatic heterocycles. The van der Waals surface area contributed by atoms with Gasteiger partial charge < -0.3 is 9.47 Å². The van der Waals surface area contributed by atoms with Gasteiger partial charge in [0.2, 0.25) is 0 Å². The average molecular weight is 284 g/mol. The highest BCUT2D eigenvalue weighted by atomic mass is 15.3. The molecule has 3 rings (SSSR count). The highest BCUT2D eigenvalue weighted by molar-refractivity contribution is 5.26. The van der Waals surface area contributed by atoms with E-state index < -0.39 is 0 Å². The van der Waals surface area contributed by atoms with Crippen LogP contribution in [0.15, 0.2) is 30.6 Å². The lowest BCUT2D eigenvalue weighted by Crippen LogP contribution is -2.36. The molecule has 1 saturated heterocycles. The number of aromatic nitrogens is 3. The van der Waals surface area contributed by atoms with Crippen molar-refractivity contribution in [2.75, 3.05) is 19.6 Å². The molecule has 1 atom stereocenters. The van der Waals surface area contributed by atoms with Gasteiger partial charge in [0.15, 0.2) is 0 Å². The van der Waals surface area contributed by atoms with E-state index in [9.17, 15) is 0 Å². The number of benzene rings is 1. The molecule has 0 N–H and O–H groups in total. The van der Waals surface area contributed by atoms with E-state index >= 15 is 0 Å². The molecule has 0 amide bonds. The lowest BCUT2D eigenvalue weighted by Gasteiger charge is -2.33. The summed E-state index contributed by atoms with van der Waals surface area (Å²) in [7, 11) is 0. The van der Waals surface area contributed by atoms with Gasteiger partial charge >= 0.3 is 0 Å². The summed E-state index contributed by atoms with van der Waals surface area (Å²) in [6, 6.07) is 8.99. The molecule has 4 nitrogen and oxygen atoms in total. The fourth-order valence-electron chi connectivity index (χ4n) is 3.24. The van der Waals surface area contributed by atoms with Crippen molar-refractivity contribution in [3.63, 3.8) is 0 Å². The monoisotopic (exact) mass is 284 g/mol. The van der Waals surface area contributed by atoms with E-state index in [-0.39, 0.29) is 0 Å². The predicted octanol–water partition coefficient (Wildman–Crippen LogP) is 2.77. The fourth-order valence-corrected chi connectivity index (χ4v) is 3.24. The Bertz CT molecular complexity index is 590. The Morgan fingerprint density at radius 3 is 2.90 bits per heavy atom. The van der Waals surface area contributed by atoms with Crippen LogP contribution in [0.3, 0.4) is 0 Å². The highest BCUT2D eigenvalue weighted by Crippen LogP contribution is 2.27. The summed E-state index contributed by atoms with van der Waals surface area (Å²) in [5, 5.41) is 8.00. The van der Waals surface area contributed by atoms with Gasteiger partial charge in [0.1, 0.15) is 12.2 Å². The van der Waals surface area contributed by atoms with Gasteiger partial charge in [-0.2, -0.15) is 0 Å². The molecular weight excluding hydrogens is 260 g/mol. The summed E-state index contributed by atoms with van der Waals surface area (Å²) < 4.78 is 2.14. The molecule has 2 heterocycles. The first-order valence-electron chi connectivity index (χ1n) is 7.86. The summed E-state index contributed by atoms with van der Waals surface area (Å²) in [5.41, 5.74) is 2.87. The van der Waals surface area contributed by atoms with E-state index in [0.29, 0.717) is 5.92 Å². The van der Waals surface area contributed by atoms with Gasteiger partial charge in [0, 0.05) is 19.6 Å². The zero-order chi connectivity index (χ0) is 14.7. The first-order chi connectivity index (χ1) is 10.2. The smallest absolute Gasteiger partial charge is 0.129 e.